The first kappa shape index (κ1) is 35.2. The number of fused-ring (bicyclic) bond motifs is 4. The number of aromatic nitrogens is 1. The van der Waals surface area contributed by atoms with Gasteiger partial charge >= 0.3 is 0 Å². The summed E-state index contributed by atoms with van der Waals surface area (Å²) >= 11 is 0. The first-order valence-electron chi connectivity index (χ1n) is 20.6. The molecule has 0 saturated heterocycles. The zero-order valence-corrected chi connectivity index (χ0v) is 33.0. The Morgan fingerprint density at radius 3 is 1.38 bits per heavy atom. The maximum Gasteiger partial charge on any atom is 0.0541 e. The van der Waals surface area contributed by atoms with E-state index in [2.05, 4.69) is 252 Å². The van der Waals surface area contributed by atoms with Gasteiger partial charge in [0.2, 0.25) is 0 Å². The van der Waals surface area contributed by atoms with E-state index < -0.39 is 0 Å². The van der Waals surface area contributed by atoms with E-state index in [4.69, 9.17) is 0 Å². The van der Waals surface area contributed by atoms with Crippen LogP contribution in [0.5, 0.6) is 0 Å². The lowest BCUT2D eigenvalue weighted by Crippen LogP contribution is -2.11. The van der Waals surface area contributed by atoms with Crippen LogP contribution in [-0.2, 0) is 0 Å². The minimum Gasteiger partial charge on any atom is -0.310 e. The number of nitrogens with zero attached hydrogens (tertiary/aromatic N) is 2. The minimum atomic E-state index is 1.09. The molecule has 11 aromatic rings. The number of hydrogen-bond donors (Lipinski definition) is 0. The molecule has 0 radical (unpaired) electrons. The van der Waals surface area contributed by atoms with Gasteiger partial charge in [0.05, 0.1) is 22.4 Å². The predicted molar refractivity (Wildman–Crippen MR) is 255 cm³/mol. The lowest BCUT2D eigenvalue weighted by molar-refractivity contribution is 1.18. The van der Waals surface area contributed by atoms with Crippen LogP contribution in [0.25, 0.3) is 82.8 Å². The smallest absolute Gasteiger partial charge is 0.0541 e. The van der Waals surface area contributed by atoms with E-state index in [-0.39, 0.29) is 0 Å². The molecule has 0 unspecified atom stereocenters. The summed E-state index contributed by atoms with van der Waals surface area (Å²) in [5.41, 5.74) is 16.4. The van der Waals surface area contributed by atoms with Crippen LogP contribution in [0.15, 0.2) is 243 Å². The van der Waals surface area contributed by atoms with Crippen molar-refractivity contribution in [1.29, 1.82) is 0 Å². The topological polar surface area (TPSA) is 8.17 Å². The lowest BCUT2D eigenvalue weighted by atomic mass is 9.96. The van der Waals surface area contributed by atoms with Crippen LogP contribution in [0.3, 0.4) is 0 Å². The molecule has 0 fully saturated rings. The van der Waals surface area contributed by atoms with E-state index in [1.807, 2.05) is 0 Å². The Balaban J connectivity index is 0.983. The van der Waals surface area contributed by atoms with Gasteiger partial charge in [0.15, 0.2) is 0 Å². The van der Waals surface area contributed by atoms with Gasteiger partial charge in [0.1, 0.15) is 0 Å². The second-order valence-electron chi connectivity index (χ2n) is 15.3. The predicted octanol–water partition coefficient (Wildman–Crippen LogP) is 16.1. The van der Waals surface area contributed by atoms with Crippen molar-refractivity contribution >= 4 is 49.6 Å². The molecular formula is C58H40N2. The number of para-hydroxylation sites is 4. The highest BCUT2D eigenvalue weighted by atomic mass is 15.1. The number of benzene rings is 10. The monoisotopic (exact) mass is 764 g/mol. The van der Waals surface area contributed by atoms with Crippen LogP contribution < -0.4 is 4.90 Å². The molecule has 0 amide bonds. The summed E-state index contributed by atoms with van der Waals surface area (Å²) in [5, 5.41) is 5.05. The molecular weight excluding hydrogens is 725 g/mol. The van der Waals surface area contributed by atoms with Crippen LogP contribution in [0, 0.1) is 0 Å². The highest BCUT2D eigenvalue weighted by Gasteiger charge is 2.19. The summed E-state index contributed by atoms with van der Waals surface area (Å²) in [7, 11) is 0. The average molecular weight is 765 g/mol. The third-order valence-corrected chi connectivity index (χ3v) is 11.8. The second-order valence-corrected chi connectivity index (χ2v) is 15.3. The van der Waals surface area contributed by atoms with Crippen molar-refractivity contribution in [1.82, 2.24) is 4.57 Å². The number of hydrogen-bond acceptors (Lipinski definition) is 1. The fraction of sp³-hybridized carbons (Fsp3) is 0. The zero-order chi connectivity index (χ0) is 39.8. The van der Waals surface area contributed by atoms with Gasteiger partial charge in [0, 0.05) is 33.3 Å². The van der Waals surface area contributed by atoms with Gasteiger partial charge in [-0.15, -0.1) is 0 Å². The summed E-state index contributed by atoms with van der Waals surface area (Å²) < 4.78 is 2.41. The van der Waals surface area contributed by atoms with Gasteiger partial charge in [0.25, 0.3) is 0 Å². The van der Waals surface area contributed by atoms with E-state index in [1.165, 1.54) is 71.5 Å². The summed E-state index contributed by atoms with van der Waals surface area (Å²) in [6.07, 6.45) is 0. The van der Waals surface area contributed by atoms with E-state index in [9.17, 15) is 0 Å². The fourth-order valence-electron chi connectivity index (χ4n) is 8.96. The molecule has 282 valence electrons. The Hall–Kier alpha value is -7.94. The summed E-state index contributed by atoms with van der Waals surface area (Å²) in [6.45, 7) is 0. The Labute approximate surface area is 350 Å². The Kier molecular flexibility index (Phi) is 8.87. The Morgan fingerprint density at radius 1 is 0.267 bits per heavy atom. The molecule has 60 heavy (non-hydrogen) atoms. The highest BCUT2D eigenvalue weighted by molar-refractivity contribution is 6.09. The van der Waals surface area contributed by atoms with Crippen molar-refractivity contribution in [3.63, 3.8) is 0 Å². The second kappa shape index (κ2) is 15.1. The maximum absolute atomic E-state index is 2.41. The Bertz CT molecular complexity index is 3230. The zero-order valence-electron chi connectivity index (χ0n) is 33.0. The molecule has 11 rings (SSSR count). The van der Waals surface area contributed by atoms with Crippen LogP contribution in [0.1, 0.15) is 0 Å². The van der Waals surface area contributed by atoms with Crippen LogP contribution in [0.2, 0.25) is 0 Å². The minimum absolute atomic E-state index is 1.09. The highest BCUT2D eigenvalue weighted by Crippen LogP contribution is 2.43. The van der Waals surface area contributed by atoms with Gasteiger partial charge in [-0.3, -0.25) is 0 Å². The first-order chi connectivity index (χ1) is 29.8. The quantitative estimate of drug-likeness (QED) is 0.150. The first-order valence-corrected chi connectivity index (χ1v) is 20.6. The van der Waals surface area contributed by atoms with Gasteiger partial charge < -0.3 is 9.47 Å². The molecule has 0 aliphatic heterocycles. The Morgan fingerprint density at radius 2 is 0.700 bits per heavy atom. The molecule has 1 heterocycles. The third kappa shape index (κ3) is 6.23. The van der Waals surface area contributed by atoms with E-state index in [0.717, 1.165) is 28.3 Å². The van der Waals surface area contributed by atoms with Crippen molar-refractivity contribution in [3.8, 4) is 50.2 Å². The molecule has 10 aromatic carbocycles. The summed E-state index contributed by atoms with van der Waals surface area (Å²) in [4.78, 5) is 2.39. The molecule has 0 N–H and O–H groups in total. The van der Waals surface area contributed by atoms with Crippen molar-refractivity contribution in [2.45, 2.75) is 0 Å². The lowest BCUT2D eigenvalue weighted by Gasteiger charge is -2.28. The largest absolute Gasteiger partial charge is 0.310 e. The van der Waals surface area contributed by atoms with Crippen molar-refractivity contribution in [2.75, 3.05) is 4.90 Å². The van der Waals surface area contributed by atoms with Gasteiger partial charge in [-0.05, 0) is 92.7 Å². The maximum atomic E-state index is 2.41. The molecule has 2 heteroatoms. The van der Waals surface area contributed by atoms with E-state index in [0.29, 0.717) is 0 Å². The molecule has 0 aliphatic rings. The molecule has 0 spiro atoms. The SMILES string of the molecule is c1ccc(-c2ccccc2N(c2ccc(-c3ccc(-c4cccc5ccccc45)cc3)cc2)c2ccc(-c3ccccc3-n3c4ccccc4c4ccccc43)cc2)cc1. The molecule has 0 saturated carbocycles. The molecule has 2 nitrogen and oxygen atoms in total. The molecule has 0 aliphatic carbocycles. The van der Waals surface area contributed by atoms with E-state index in [1.54, 1.807) is 0 Å². The number of rotatable bonds is 8. The standard InChI is InChI=1S/C58H40N2/c1-2-15-44(16-3-1)51-20-6-10-25-55(51)59(47-37-33-42(34-38-47)41-29-31-45(32-30-41)50-24-14-18-43-17-4-5-19-49(43)50)48-39-35-46(36-40-48)52-21-7-11-26-56(52)60-57-27-12-8-22-53(57)54-23-9-13-28-58(54)60/h1-40H. The van der Waals surface area contributed by atoms with Crippen LogP contribution >= 0.6 is 0 Å². The molecule has 0 atom stereocenters. The molecule has 0 bridgehead atoms. The summed E-state index contributed by atoms with van der Waals surface area (Å²) in [5.74, 6) is 0. The van der Waals surface area contributed by atoms with Crippen molar-refractivity contribution in [2.24, 2.45) is 0 Å². The van der Waals surface area contributed by atoms with Gasteiger partial charge in [-0.2, -0.15) is 0 Å². The third-order valence-electron chi connectivity index (χ3n) is 11.8. The molecule has 1 aromatic heterocycles. The van der Waals surface area contributed by atoms with Crippen LogP contribution in [0.4, 0.5) is 17.1 Å². The average Bonchev–Trinajstić information content (AvgIpc) is 3.67. The van der Waals surface area contributed by atoms with E-state index >= 15 is 0 Å². The number of anilines is 3. The van der Waals surface area contributed by atoms with Crippen molar-refractivity contribution in [3.05, 3.63) is 243 Å². The normalized spacial score (nSPS) is 11.3. The van der Waals surface area contributed by atoms with Gasteiger partial charge in [-0.1, -0.05) is 194 Å². The van der Waals surface area contributed by atoms with Gasteiger partial charge in [-0.25, -0.2) is 0 Å². The summed E-state index contributed by atoms with van der Waals surface area (Å²) in [6, 6.07) is 87.8. The fourth-order valence-corrected chi connectivity index (χ4v) is 8.96. The van der Waals surface area contributed by atoms with Crippen molar-refractivity contribution < 1.29 is 0 Å². The van der Waals surface area contributed by atoms with Crippen LogP contribution in [-0.4, -0.2) is 4.57 Å².